The number of rotatable bonds is 4. The van der Waals surface area contributed by atoms with Gasteiger partial charge in [-0.15, -0.1) is 0 Å². The number of fused-ring (bicyclic) bond motifs is 1. The second-order valence-electron chi connectivity index (χ2n) is 5.53. The zero-order valence-electron chi connectivity index (χ0n) is 12.5. The van der Waals surface area contributed by atoms with E-state index >= 15 is 0 Å². The van der Waals surface area contributed by atoms with Gasteiger partial charge in [0.1, 0.15) is 5.01 Å². The van der Waals surface area contributed by atoms with Crippen molar-refractivity contribution in [2.24, 2.45) is 0 Å². The predicted molar refractivity (Wildman–Crippen MR) is 83.9 cm³/mol. The number of aryl methyl sites for hydroxylation is 1. The average Bonchev–Trinajstić information content (AvgIpc) is 2.92. The molecule has 3 heterocycles. The summed E-state index contributed by atoms with van der Waals surface area (Å²) in [7, 11) is 2.11. The van der Waals surface area contributed by atoms with E-state index < -0.39 is 0 Å². The maximum Gasteiger partial charge on any atom is 0.275 e. The first-order valence-electron chi connectivity index (χ1n) is 7.47. The summed E-state index contributed by atoms with van der Waals surface area (Å²) in [4.78, 5) is 19.7. The summed E-state index contributed by atoms with van der Waals surface area (Å²) in [5.74, 6) is 0. The molecule has 2 aromatic rings. The van der Waals surface area contributed by atoms with Crippen LogP contribution in [0.15, 0.2) is 10.9 Å². The van der Waals surface area contributed by atoms with E-state index in [2.05, 4.69) is 27.3 Å². The van der Waals surface area contributed by atoms with Crippen LogP contribution in [0.25, 0.3) is 4.96 Å². The Morgan fingerprint density at radius 3 is 2.95 bits per heavy atom. The monoisotopic (exact) mass is 307 g/mol. The van der Waals surface area contributed by atoms with Gasteiger partial charge in [-0.1, -0.05) is 18.3 Å². The largest absolute Gasteiger partial charge is 0.317 e. The smallest absolute Gasteiger partial charge is 0.275 e. The van der Waals surface area contributed by atoms with Gasteiger partial charge in [0, 0.05) is 18.7 Å². The first-order valence-corrected chi connectivity index (χ1v) is 8.28. The van der Waals surface area contributed by atoms with E-state index in [0.29, 0.717) is 11.0 Å². The van der Waals surface area contributed by atoms with Crippen molar-refractivity contribution in [2.45, 2.75) is 38.8 Å². The molecule has 114 valence electrons. The minimum atomic E-state index is -0.0790. The number of hydrogen-bond donors (Lipinski definition) is 1. The molecule has 2 aromatic heterocycles. The van der Waals surface area contributed by atoms with Gasteiger partial charge in [0.2, 0.25) is 4.96 Å². The summed E-state index contributed by atoms with van der Waals surface area (Å²) in [6.07, 6.45) is 3.13. The first kappa shape index (κ1) is 14.6. The van der Waals surface area contributed by atoms with E-state index in [0.717, 1.165) is 49.6 Å². The molecule has 0 aliphatic carbocycles. The summed E-state index contributed by atoms with van der Waals surface area (Å²) < 4.78 is 1.41. The summed E-state index contributed by atoms with van der Waals surface area (Å²) in [5, 5.41) is 8.60. The van der Waals surface area contributed by atoms with Crippen molar-refractivity contribution in [3.8, 4) is 0 Å². The van der Waals surface area contributed by atoms with E-state index in [1.54, 1.807) is 6.07 Å². The summed E-state index contributed by atoms with van der Waals surface area (Å²) >= 11 is 1.50. The normalized spacial score (nSPS) is 16.9. The molecule has 1 N–H and O–H groups in total. The molecule has 0 saturated carbocycles. The fourth-order valence-corrected chi connectivity index (χ4v) is 3.61. The van der Waals surface area contributed by atoms with Crippen LogP contribution in [-0.4, -0.2) is 45.7 Å². The predicted octanol–water partition coefficient (Wildman–Crippen LogP) is 0.897. The quantitative estimate of drug-likeness (QED) is 0.909. The van der Waals surface area contributed by atoms with Crippen molar-refractivity contribution in [1.29, 1.82) is 0 Å². The Balaban J connectivity index is 1.81. The van der Waals surface area contributed by atoms with Gasteiger partial charge < -0.3 is 5.32 Å². The van der Waals surface area contributed by atoms with Crippen molar-refractivity contribution in [1.82, 2.24) is 24.8 Å². The molecule has 0 atom stereocenters. The van der Waals surface area contributed by atoms with Crippen LogP contribution in [0.5, 0.6) is 0 Å². The lowest BCUT2D eigenvalue weighted by Crippen LogP contribution is -2.41. The summed E-state index contributed by atoms with van der Waals surface area (Å²) in [6, 6.07) is 2.18. The molecule has 0 aromatic carbocycles. The van der Waals surface area contributed by atoms with E-state index in [1.807, 2.05) is 6.92 Å². The zero-order valence-corrected chi connectivity index (χ0v) is 13.3. The number of aromatic nitrogens is 3. The highest BCUT2D eigenvalue weighted by molar-refractivity contribution is 7.16. The Kier molecular flexibility index (Phi) is 4.32. The Morgan fingerprint density at radius 2 is 2.24 bits per heavy atom. The lowest BCUT2D eigenvalue weighted by Gasteiger charge is -2.31. The second kappa shape index (κ2) is 6.21. The molecule has 1 saturated heterocycles. The molecule has 1 aliphatic heterocycles. The van der Waals surface area contributed by atoms with E-state index in [4.69, 9.17) is 0 Å². The number of nitrogens with one attached hydrogen (secondary N) is 1. The molecular formula is C14H21N5OS. The molecule has 3 rings (SSSR count). The van der Waals surface area contributed by atoms with Crippen LogP contribution in [0.1, 0.15) is 30.5 Å². The van der Waals surface area contributed by atoms with Crippen LogP contribution in [0.4, 0.5) is 0 Å². The van der Waals surface area contributed by atoms with Crippen LogP contribution in [0.3, 0.4) is 0 Å². The maximum absolute atomic E-state index is 12.1. The second-order valence-corrected chi connectivity index (χ2v) is 6.57. The molecular weight excluding hydrogens is 286 g/mol. The van der Waals surface area contributed by atoms with Gasteiger partial charge in [0.05, 0.1) is 5.69 Å². The molecule has 0 unspecified atom stereocenters. The zero-order chi connectivity index (χ0) is 14.8. The molecule has 6 nitrogen and oxygen atoms in total. The summed E-state index contributed by atoms with van der Waals surface area (Å²) in [6.45, 7) is 4.89. The molecule has 1 aliphatic rings. The fourth-order valence-electron chi connectivity index (χ4n) is 2.75. The van der Waals surface area contributed by atoms with Crippen molar-refractivity contribution in [3.05, 3.63) is 27.1 Å². The number of hydrogen-bond acceptors (Lipinski definition) is 6. The van der Waals surface area contributed by atoms with Gasteiger partial charge in [0.15, 0.2) is 0 Å². The molecule has 7 heteroatoms. The van der Waals surface area contributed by atoms with E-state index in [-0.39, 0.29) is 5.56 Å². The Morgan fingerprint density at radius 1 is 1.48 bits per heavy atom. The van der Waals surface area contributed by atoms with Gasteiger partial charge in [-0.2, -0.15) is 9.61 Å². The van der Waals surface area contributed by atoms with Crippen LogP contribution in [-0.2, 0) is 13.0 Å². The Bertz CT molecular complexity index is 674. The van der Waals surface area contributed by atoms with Crippen LogP contribution < -0.4 is 10.9 Å². The SMILES string of the molecule is CCc1nn2c(=O)cc(CN(C)C3CCNCC3)nc2s1. The van der Waals surface area contributed by atoms with Gasteiger partial charge >= 0.3 is 0 Å². The average molecular weight is 307 g/mol. The molecule has 0 spiro atoms. The highest BCUT2D eigenvalue weighted by Gasteiger charge is 2.18. The molecule has 0 bridgehead atoms. The van der Waals surface area contributed by atoms with E-state index in [9.17, 15) is 4.79 Å². The molecule has 1 fully saturated rings. The third kappa shape index (κ3) is 3.14. The van der Waals surface area contributed by atoms with Gasteiger partial charge in [-0.3, -0.25) is 9.69 Å². The fraction of sp³-hybridized carbons (Fsp3) is 0.643. The maximum atomic E-state index is 12.1. The standard InChI is InChI=1S/C14H21N5OS/c1-3-12-17-19-13(20)8-10(16-14(19)21-12)9-18(2)11-4-6-15-7-5-11/h8,11,15H,3-7,9H2,1-2H3. The van der Waals surface area contributed by atoms with Crippen LogP contribution >= 0.6 is 11.3 Å². The minimum Gasteiger partial charge on any atom is -0.317 e. The topological polar surface area (TPSA) is 62.5 Å². The lowest BCUT2D eigenvalue weighted by atomic mass is 10.1. The molecule has 0 radical (unpaired) electrons. The van der Waals surface area contributed by atoms with Crippen LogP contribution in [0.2, 0.25) is 0 Å². The van der Waals surface area contributed by atoms with Gasteiger partial charge in [-0.05, 0) is 39.4 Å². The first-order chi connectivity index (χ1) is 10.2. The lowest BCUT2D eigenvalue weighted by molar-refractivity contribution is 0.190. The summed E-state index contributed by atoms with van der Waals surface area (Å²) in [5.41, 5.74) is 0.761. The molecule has 21 heavy (non-hydrogen) atoms. The van der Waals surface area contributed by atoms with Gasteiger partial charge in [0.25, 0.3) is 5.56 Å². The van der Waals surface area contributed by atoms with Crippen molar-refractivity contribution in [3.63, 3.8) is 0 Å². The number of piperidine rings is 1. The number of nitrogens with zero attached hydrogens (tertiary/aromatic N) is 4. The van der Waals surface area contributed by atoms with Crippen molar-refractivity contribution >= 4 is 16.3 Å². The Hall–Kier alpha value is -1.31. The molecule has 0 amide bonds. The third-order valence-corrected chi connectivity index (χ3v) is 5.04. The van der Waals surface area contributed by atoms with Crippen LogP contribution in [0, 0.1) is 0 Å². The third-order valence-electron chi connectivity index (χ3n) is 3.99. The minimum absolute atomic E-state index is 0.0790. The van der Waals surface area contributed by atoms with Crippen molar-refractivity contribution < 1.29 is 0 Å². The Labute approximate surface area is 127 Å². The highest BCUT2D eigenvalue weighted by atomic mass is 32.1. The highest BCUT2D eigenvalue weighted by Crippen LogP contribution is 2.15. The van der Waals surface area contributed by atoms with Crippen molar-refractivity contribution in [2.75, 3.05) is 20.1 Å². The van der Waals surface area contributed by atoms with E-state index in [1.165, 1.54) is 15.9 Å². The van der Waals surface area contributed by atoms with Gasteiger partial charge in [-0.25, -0.2) is 4.98 Å².